The summed E-state index contributed by atoms with van der Waals surface area (Å²) in [6.07, 6.45) is 3.03. The Balaban J connectivity index is 1.81. The maximum Gasteiger partial charge on any atom is 0.276 e. The Hall–Kier alpha value is -2.95. The highest BCUT2D eigenvalue weighted by Crippen LogP contribution is 2.17. The van der Waals surface area contributed by atoms with Crippen LogP contribution in [0.1, 0.15) is 5.56 Å². The number of nitrogens with one attached hydrogen (secondary N) is 1. The average Bonchev–Trinajstić information content (AvgIpc) is 2.92. The van der Waals surface area contributed by atoms with Crippen LogP contribution >= 0.6 is 0 Å². The molecule has 1 N–H and O–H groups in total. The summed E-state index contributed by atoms with van der Waals surface area (Å²) >= 11 is 0. The zero-order valence-corrected chi connectivity index (χ0v) is 11.2. The largest absolute Gasteiger partial charge is 0.320 e. The highest BCUT2D eigenvalue weighted by molar-refractivity contribution is 5.83. The second-order valence-corrected chi connectivity index (χ2v) is 4.96. The molecule has 0 saturated heterocycles. The van der Waals surface area contributed by atoms with Crippen molar-refractivity contribution in [2.24, 2.45) is 0 Å². The smallest absolute Gasteiger partial charge is 0.276 e. The van der Waals surface area contributed by atoms with Crippen molar-refractivity contribution in [3.05, 3.63) is 71.0 Å². The Kier molecular flexibility index (Phi) is 2.57. The van der Waals surface area contributed by atoms with Crippen molar-refractivity contribution in [3.8, 4) is 0 Å². The molecule has 0 radical (unpaired) electrons. The minimum Gasteiger partial charge on any atom is -0.320 e. The van der Waals surface area contributed by atoms with Crippen LogP contribution in [0.25, 0.3) is 21.9 Å². The normalized spacial score (nSPS) is 11.2. The summed E-state index contributed by atoms with van der Waals surface area (Å²) in [7, 11) is 0. The summed E-state index contributed by atoms with van der Waals surface area (Å²) in [5.41, 5.74) is 1.93. The Morgan fingerprint density at radius 1 is 1.05 bits per heavy atom. The molecule has 21 heavy (non-hydrogen) atoms. The van der Waals surface area contributed by atoms with Crippen LogP contribution in [0.2, 0.25) is 0 Å². The molecule has 0 aliphatic rings. The van der Waals surface area contributed by atoms with Gasteiger partial charge >= 0.3 is 0 Å². The lowest BCUT2D eigenvalue weighted by molar-refractivity contribution is 0.820. The van der Waals surface area contributed by atoms with Crippen molar-refractivity contribution in [2.45, 2.75) is 6.54 Å². The quantitative estimate of drug-likeness (QED) is 0.611. The number of nitrogens with zero attached hydrogens (tertiary/aromatic N) is 3. The summed E-state index contributed by atoms with van der Waals surface area (Å²) in [5, 5.41) is 2.39. The Bertz CT molecular complexity index is 1000. The third kappa shape index (κ3) is 1.99. The molecule has 0 unspecified atom stereocenters. The molecular formula is C16H12N4O. The summed E-state index contributed by atoms with van der Waals surface area (Å²) in [4.78, 5) is 22.7. The lowest BCUT2D eigenvalue weighted by Gasteiger charge is -2.05. The number of aromatic nitrogens is 4. The van der Waals surface area contributed by atoms with E-state index in [1.807, 2.05) is 16.7 Å². The third-order valence-corrected chi connectivity index (χ3v) is 3.58. The summed E-state index contributed by atoms with van der Waals surface area (Å²) in [6, 6.07) is 14.5. The predicted octanol–water partition coefficient (Wildman–Crippen LogP) is 2.32. The van der Waals surface area contributed by atoms with Crippen LogP contribution in [0.3, 0.4) is 0 Å². The van der Waals surface area contributed by atoms with Crippen LogP contribution in [-0.2, 0) is 6.54 Å². The maximum atomic E-state index is 11.9. The first-order valence-corrected chi connectivity index (χ1v) is 6.67. The molecule has 4 rings (SSSR count). The van der Waals surface area contributed by atoms with Gasteiger partial charge in [0.25, 0.3) is 5.56 Å². The van der Waals surface area contributed by atoms with Gasteiger partial charge in [-0.2, -0.15) is 0 Å². The lowest BCUT2D eigenvalue weighted by atomic mass is 10.1. The fourth-order valence-corrected chi connectivity index (χ4v) is 2.57. The summed E-state index contributed by atoms with van der Waals surface area (Å²) < 4.78 is 1.82. The van der Waals surface area contributed by atoms with Crippen molar-refractivity contribution < 1.29 is 0 Å². The van der Waals surface area contributed by atoms with Gasteiger partial charge in [-0.05, 0) is 22.4 Å². The molecule has 2 heterocycles. The van der Waals surface area contributed by atoms with Crippen molar-refractivity contribution in [3.63, 3.8) is 0 Å². The molecule has 5 nitrogen and oxygen atoms in total. The summed E-state index contributed by atoms with van der Waals surface area (Å²) in [6.45, 7) is 0.593. The van der Waals surface area contributed by atoms with E-state index in [0.717, 1.165) is 5.56 Å². The van der Waals surface area contributed by atoms with E-state index in [1.54, 1.807) is 6.33 Å². The molecule has 2 aromatic heterocycles. The van der Waals surface area contributed by atoms with Crippen LogP contribution in [0.15, 0.2) is 59.9 Å². The Morgan fingerprint density at radius 2 is 1.90 bits per heavy atom. The SMILES string of the molecule is O=c1[nH]cnc2ncn(Cc3ccc4ccccc4c3)c12. The topological polar surface area (TPSA) is 63.6 Å². The second-order valence-electron chi connectivity index (χ2n) is 4.96. The van der Waals surface area contributed by atoms with Crippen molar-refractivity contribution >= 4 is 21.9 Å². The monoisotopic (exact) mass is 276 g/mol. The van der Waals surface area contributed by atoms with Crippen LogP contribution in [-0.4, -0.2) is 19.5 Å². The van der Waals surface area contributed by atoms with E-state index in [2.05, 4.69) is 45.3 Å². The van der Waals surface area contributed by atoms with Gasteiger partial charge in [-0.3, -0.25) is 4.79 Å². The minimum atomic E-state index is -0.168. The number of benzene rings is 2. The van der Waals surface area contributed by atoms with E-state index in [4.69, 9.17) is 0 Å². The first kappa shape index (κ1) is 11.8. The number of H-pyrrole nitrogens is 1. The van der Waals surface area contributed by atoms with E-state index in [0.29, 0.717) is 17.7 Å². The molecule has 0 aliphatic heterocycles. The van der Waals surface area contributed by atoms with Crippen molar-refractivity contribution in [2.75, 3.05) is 0 Å². The summed E-state index contributed by atoms with van der Waals surface area (Å²) in [5.74, 6) is 0. The van der Waals surface area contributed by atoms with Crippen LogP contribution < -0.4 is 5.56 Å². The molecule has 0 amide bonds. The van der Waals surface area contributed by atoms with Gasteiger partial charge in [0.05, 0.1) is 12.7 Å². The van der Waals surface area contributed by atoms with E-state index < -0.39 is 0 Å². The van der Waals surface area contributed by atoms with Gasteiger partial charge in [0.1, 0.15) is 0 Å². The Morgan fingerprint density at radius 3 is 2.81 bits per heavy atom. The minimum absolute atomic E-state index is 0.168. The highest BCUT2D eigenvalue weighted by Gasteiger charge is 2.08. The number of rotatable bonds is 2. The molecule has 102 valence electrons. The van der Waals surface area contributed by atoms with Gasteiger partial charge in [-0.1, -0.05) is 36.4 Å². The van der Waals surface area contributed by atoms with Crippen LogP contribution in [0.5, 0.6) is 0 Å². The molecule has 5 heteroatoms. The maximum absolute atomic E-state index is 11.9. The van der Waals surface area contributed by atoms with Crippen molar-refractivity contribution in [1.29, 1.82) is 0 Å². The molecule has 0 atom stereocenters. The molecule has 0 fully saturated rings. The fraction of sp³-hybridized carbons (Fsp3) is 0.0625. The standard InChI is InChI=1S/C16H12N4O/c21-16-14-15(17-9-18-16)19-10-20(14)8-11-5-6-12-3-1-2-4-13(12)7-11/h1-7,9-10H,8H2,(H,17,18,21). The number of aromatic amines is 1. The third-order valence-electron chi connectivity index (χ3n) is 3.58. The van der Waals surface area contributed by atoms with Crippen LogP contribution in [0.4, 0.5) is 0 Å². The molecule has 2 aromatic carbocycles. The second kappa shape index (κ2) is 4.56. The van der Waals surface area contributed by atoms with Gasteiger partial charge in [0, 0.05) is 6.54 Å². The van der Waals surface area contributed by atoms with Crippen LogP contribution in [0, 0.1) is 0 Å². The van der Waals surface area contributed by atoms with E-state index >= 15 is 0 Å². The van der Waals surface area contributed by atoms with Gasteiger partial charge in [0.15, 0.2) is 11.2 Å². The number of hydrogen-bond donors (Lipinski definition) is 1. The Labute approximate surface area is 119 Å². The number of imidazole rings is 1. The van der Waals surface area contributed by atoms with Gasteiger partial charge < -0.3 is 9.55 Å². The first-order chi connectivity index (χ1) is 10.3. The zero-order valence-electron chi connectivity index (χ0n) is 11.2. The molecular weight excluding hydrogens is 264 g/mol. The number of hydrogen-bond acceptors (Lipinski definition) is 3. The van der Waals surface area contributed by atoms with Gasteiger partial charge in [-0.25, -0.2) is 9.97 Å². The average molecular weight is 276 g/mol. The van der Waals surface area contributed by atoms with E-state index in [9.17, 15) is 4.79 Å². The molecule has 0 saturated carbocycles. The number of fused-ring (bicyclic) bond motifs is 2. The predicted molar refractivity (Wildman–Crippen MR) is 81.2 cm³/mol. The first-order valence-electron chi connectivity index (χ1n) is 6.67. The zero-order chi connectivity index (χ0) is 14.2. The van der Waals surface area contributed by atoms with Gasteiger partial charge in [-0.15, -0.1) is 0 Å². The lowest BCUT2D eigenvalue weighted by Crippen LogP contribution is -2.11. The van der Waals surface area contributed by atoms with E-state index in [-0.39, 0.29) is 5.56 Å². The molecule has 0 aliphatic carbocycles. The molecule has 0 spiro atoms. The highest BCUT2D eigenvalue weighted by atomic mass is 16.1. The van der Waals surface area contributed by atoms with Crippen molar-refractivity contribution in [1.82, 2.24) is 19.5 Å². The molecule has 4 aromatic rings. The molecule has 0 bridgehead atoms. The fourth-order valence-electron chi connectivity index (χ4n) is 2.57. The van der Waals surface area contributed by atoms with Gasteiger partial charge in [0.2, 0.25) is 0 Å². The van der Waals surface area contributed by atoms with E-state index in [1.165, 1.54) is 17.1 Å².